The summed E-state index contributed by atoms with van der Waals surface area (Å²) in [5, 5.41) is 22.4. The molecule has 0 radical (unpaired) electrons. The van der Waals surface area contributed by atoms with Crippen LogP contribution >= 0.6 is 25.8 Å². The lowest BCUT2D eigenvalue weighted by Crippen LogP contribution is -2.36. The molecule has 20 nitrogen and oxygen atoms in total. The van der Waals surface area contributed by atoms with Crippen LogP contribution in [0.5, 0.6) is 0 Å². The van der Waals surface area contributed by atoms with Gasteiger partial charge in [-0.15, -0.1) is 0 Å². The predicted octanol–water partition coefficient (Wildman–Crippen LogP) is -0.581. The van der Waals surface area contributed by atoms with E-state index in [1.165, 1.54) is 34.4 Å². The van der Waals surface area contributed by atoms with Crippen LogP contribution in [0.3, 0.4) is 0 Å². The predicted molar refractivity (Wildman–Crippen MR) is 154 cm³/mol. The molecule has 0 aromatic carbocycles. The quantitative estimate of drug-likeness (QED) is 0.113. The van der Waals surface area contributed by atoms with Crippen molar-refractivity contribution < 1.29 is 47.2 Å². The third-order valence-corrected chi connectivity index (χ3v) is 10.4. The van der Waals surface area contributed by atoms with Gasteiger partial charge in [0.15, 0.2) is 35.4 Å². The molecule has 3 saturated heterocycles. The van der Waals surface area contributed by atoms with E-state index < -0.39 is 75.8 Å². The zero-order chi connectivity index (χ0) is 31.0. The number of nitrogens with two attached hydrogens (primary N) is 2. The zero-order valence-corrected chi connectivity index (χ0v) is 25.5. The van der Waals surface area contributed by atoms with Crippen molar-refractivity contribution in [3.63, 3.8) is 0 Å². The van der Waals surface area contributed by atoms with Gasteiger partial charge in [-0.2, -0.15) is 0 Å². The monoisotopic (exact) mass is 690 g/mol. The molecule has 2 bridgehead atoms. The number of aliphatic hydroxyl groups excluding tert-OH is 2. The Morgan fingerprint density at radius 3 is 2.02 bits per heavy atom. The first kappa shape index (κ1) is 30.2. The third kappa shape index (κ3) is 5.28. The number of hydrogen-bond donors (Lipinski definition) is 6. The number of aromatic nitrogens is 8. The number of aliphatic hydroxyl groups is 2. The number of thiol groups is 1. The summed E-state index contributed by atoms with van der Waals surface area (Å²) in [6, 6.07) is 0. The molecule has 4 aromatic rings. The average Bonchev–Trinajstić information content (AvgIpc) is 3.73. The van der Waals surface area contributed by atoms with E-state index in [0.29, 0.717) is 0 Å². The summed E-state index contributed by atoms with van der Waals surface area (Å²) in [7, 11) is 0. The van der Waals surface area contributed by atoms with Crippen molar-refractivity contribution in [2.45, 2.75) is 49.1 Å². The van der Waals surface area contributed by atoms with Crippen LogP contribution in [0.15, 0.2) is 25.3 Å². The molecule has 7 rings (SSSR count). The smallest absolute Gasteiger partial charge is 0.386 e. The van der Waals surface area contributed by atoms with Gasteiger partial charge in [0.1, 0.15) is 60.3 Å². The highest BCUT2D eigenvalue weighted by molar-refractivity contribution is 8.44. The Morgan fingerprint density at radius 2 is 1.39 bits per heavy atom. The summed E-state index contributed by atoms with van der Waals surface area (Å²) in [5.41, 5.74) is 12.8. The minimum absolute atomic E-state index is 0.0989. The van der Waals surface area contributed by atoms with Crippen LogP contribution < -0.4 is 11.5 Å². The normalized spacial score (nSPS) is 38.3. The van der Waals surface area contributed by atoms with Gasteiger partial charge in [0.05, 0.1) is 25.9 Å². The van der Waals surface area contributed by atoms with Gasteiger partial charge in [0.2, 0.25) is 0 Å². The molecule has 7 heterocycles. The summed E-state index contributed by atoms with van der Waals surface area (Å²) in [6.07, 6.45) is -5.39. The Hall–Kier alpha value is -2.43. The van der Waals surface area contributed by atoms with Crippen molar-refractivity contribution in [3.05, 3.63) is 25.3 Å². The van der Waals surface area contributed by atoms with Crippen LogP contribution in [-0.2, 0) is 43.9 Å². The molecule has 3 aliphatic rings. The van der Waals surface area contributed by atoms with Crippen molar-refractivity contribution in [1.82, 2.24) is 39.0 Å². The maximum absolute atomic E-state index is 13.4. The Labute approximate surface area is 256 Å². The number of hydrogen-bond acceptors (Lipinski definition) is 18. The number of fused-ring (bicyclic) bond motifs is 5. The largest absolute Gasteiger partial charge is 0.387 e. The van der Waals surface area contributed by atoms with Crippen molar-refractivity contribution in [2.75, 3.05) is 24.7 Å². The molecular weight excluding hydrogens is 666 g/mol. The Morgan fingerprint density at radius 1 is 0.818 bits per heavy atom. The van der Waals surface area contributed by atoms with Gasteiger partial charge in [0, 0.05) is 0 Å². The maximum Gasteiger partial charge on any atom is 0.386 e. The second-order valence-corrected chi connectivity index (χ2v) is 15.6. The molecule has 7 N–H and O–H groups in total. The Balaban J connectivity index is 1.20. The van der Waals surface area contributed by atoms with E-state index in [-0.39, 0.29) is 34.0 Å². The van der Waals surface area contributed by atoms with E-state index in [1.54, 1.807) is 0 Å². The molecule has 4 unspecified atom stereocenters. The van der Waals surface area contributed by atoms with E-state index in [0.717, 1.165) is 0 Å². The standard InChI is InChI=1S/C20H24N10O10P2S2/c21-15-9-17(25-3-23-15)29(5-27-9)19-12(32)13-8(38-19)2-36-42(34,44)40-14-11(31)7(1-35-41(33,43)39-13)37-20(14)30-6-28-10-16(22)24-4-26-18(10)30/h3-8,11-14,19-20,31-32H,1-2H2,(H,33,43)(H,34,44)(H2,21,23,25)(H2,22,24,26)/t7-,8-,11?,12+,13?,14+,19-,20-,41?,42?/m1/s1. The third-order valence-electron chi connectivity index (χ3n) is 7.26. The summed E-state index contributed by atoms with van der Waals surface area (Å²) in [5.74, 6) is 0.202. The lowest BCUT2D eigenvalue weighted by molar-refractivity contribution is -0.0594. The van der Waals surface area contributed by atoms with Crippen molar-refractivity contribution in [2.24, 2.45) is 0 Å². The molecule has 236 valence electrons. The minimum atomic E-state index is -4.27. The highest BCUT2D eigenvalue weighted by atomic mass is 32.7. The van der Waals surface area contributed by atoms with E-state index >= 15 is 0 Å². The molecule has 24 heteroatoms. The van der Waals surface area contributed by atoms with Crippen molar-refractivity contribution >= 4 is 71.5 Å². The van der Waals surface area contributed by atoms with E-state index in [9.17, 15) is 19.7 Å². The first-order valence-electron chi connectivity index (χ1n) is 12.8. The Bertz CT molecular complexity index is 1830. The van der Waals surface area contributed by atoms with Gasteiger partial charge in [-0.25, -0.2) is 34.5 Å². The number of nitrogen functional groups attached to an aromatic ring is 2. The molecule has 0 saturated carbocycles. The number of anilines is 2. The summed E-state index contributed by atoms with van der Waals surface area (Å²) in [6.45, 7) is -9.48. The van der Waals surface area contributed by atoms with Gasteiger partial charge >= 0.3 is 13.5 Å². The zero-order valence-electron chi connectivity index (χ0n) is 22.0. The van der Waals surface area contributed by atoms with Crippen LogP contribution in [0.2, 0.25) is 0 Å². The fraction of sp³-hybridized carbons (Fsp3) is 0.500. The lowest BCUT2D eigenvalue weighted by atomic mass is 10.1. The molecule has 0 spiro atoms. The number of imidazole rings is 2. The maximum atomic E-state index is 13.4. The van der Waals surface area contributed by atoms with Crippen molar-refractivity contribution in [1.29, 1.82) is 0 Å². The second kappa shape index (κ2) is 11.1. The number of rotatable bonds is 2. The van der Waals surface area contributed by atoms with Crippen LogP contribution in [0, 0.1) is 0 Å². The highest BCUT2D eigenvalue weighted by Crippen LogP contribution is 2.58. The first-order valence-corrected chi connectivity index (χ1v) is 18.1. The summed E-state index contributed by atoms with van der Waals surface area (Å²) < 4.78 is 50.7. The Kier molecular flexibility index (Phi) is 7.64. The molecule has 0 aliphatic carbocycles. The second-order valence-electron chi connectivity index (χ2n) is 9.95. The van der Waals surface area contributed by atoms with Crippen LogP contribution in [-0.4, -0.2) is 104 Å². The van der Waals surface area contributed by atoms with E-state index in [4.69, 9.17) is 50.8 Å². The van der Waals surface area contributed by atoms with Crippen LogP contribution in [0.4, 0.5) is 11.6 Å². The van der Waals surface area contributed by atoms with Gasteiger partial charge in [-0.3, -0.25) is 22.7 Å². The summed E-state index contributed by atoms with van der Waals surface area (Å²) in [4.78, 5) is 35.6. The molecular formula is C20H24N10O10P2S2. The summed E-state index contributed by atoms with van der Waals surface area (Å²) >= 11 is 9.35. The van der Waals surface area contributed by atoms with Crippen molar-refractivity contribution in [3.8, 4) is 0 Å². The van der Waals surface area contributed by atoms with Gasteiger partial charge in [-0.1, -0.05) is 12.2 Å². The van der Waals surface area contributed by atoms with E-state index in [1.807, 2.05) is 0 Å². The lowest BCUT2D eigenvalue weighted by Gasteiger charge is -2.27. The first-order chi connectivity index (χ1) is 20.9. The number of ether oxygens (including phenoxy) is 2. The van der Waals surface area contributed by atoms with Gasteiger partial charge in [-0.05, 0) is 11.8 Å². The van der Waals surface area contributed by atoms with Crippen LogP contribution in [0.25, 0.3) is 22.3 Å². The molecule has 4 aromatic heterocycles. The number of nitrogens with zero attached hydrogens (tertiary/aromatic N) is 8. The minimum Gasteiger partial charge on any atom is -0.387 e. The molecule has 44 heavy (non-hydrogen) atoms. The molecule has 3 fully saturated rings. The van der Waals surface area contributed by atoms with Crippen LogP contribution in [0.1, 0.15) is 12.5 Å². The van der Waals surface area contributed by atoms with Gasteiger partial charge < -0.3 is 40.6 Å². The molecule has 3 aliphatic heterocycles. The average molecular weight is 691 g/mol. The van der Waals surface area contributed by atoms with Gasteiger partial charge in [0.25, 0.3) is 0 Å². The SMILES string of the molecule is Nc1ncnc2c1ncn2[C@@H]1O[C@@H]2COP(O)(=S)O[C@H]3C(O)[C@@H](COP(=O)(S)OC2[C@@H]1O)O[C@H]3n1cnc2c(N)ncnc21. The fourth-order valence-electron chi connectivity index (χ4n) is 5.22. The van der Waals surface area contributed by atoms with E-state index in [2.05, 4.69) is 42.2 Å². The molecule has 10 atom stereocenters. The highest BCUT2D eigenvalue weighted by Gasteiger charge is 2.53. The molecule has 0 amide bonds. The topological polar surface area (TPSA) is 272 Å². The fourth-order valence-corrected chi connectivity index (χ4v) is 8.13.